The molecule has 1 N–H and O–H groups in total. The van der Waals surface area contributed by atoms with Crippen molar-refractivity contribution in [3.05, 3.63) is 47.2 Å². The summed E-state index contributed by atoms with van der Waals surface area (Å²) in [5, 5.41) is 4.92. The van der Waals surface area contributed by atoms with Gasteiger partial charge in [0.1, 0.15) is 18.2 Å². The summed E-state index contributed by atoms with van der Waals surface area (Å²) in [6.45, 7) is 1.91. The highest BCUT2D eigenvalue weighted by atomic mass is 35.5. The van der Waals surface area contributed by atoms with Gasteiger partial charge in [0.2, 0.25) is 0 Å². The van der Waals surface area contributed by atoms with E-state index in [9.17, 15) is 0 Å². The Morgan fingerprint density at radius 1 is 1.38 bits per heavy atom. The number of nitrogens with zero attached hydrogens (tertiary/aromatic N) is 5. The van der Waals surface area contributed by atoms with Gasteiger partial charge in [-0.05, 0) is 31.2 Å². The van der Waals surface area contributed by atoms with Crippen LogP contribution in [-0.4, -0.2) is 33.0 Å². The van der Waals surface area contributed by atoms with E-state index in [1.807, 2.05) is 25.1 Å². The highest BCUT2D eigenvalue weighted by Crippen LogP contribution is 2.24. The third-order valence-electron chi connectivity index (χ3n) is 3.13. The second-order valence-electron chi connectivity index (χ2n) is 4.79. The highest BCUT2D eigenvalue weighted by Gasteiger charge is 2.15. The van der Waals surface area contributed by atoms with Crippen LogP contribution < -0.4 is 10.2 Å². The minimum Gasteiger partial charge on any atom is -0.484 e. The van der Waals surface area contributed by atoms with Gasteiger partial charge < -0.3 is 4.74 Å². The van der Waals surface area contributed by atoms with Crippen molar-refractivity contribution in [3.8, 4) is 5.75 Å². The first kappa shape index (κ1) is 16.2. The SMILES string of the molecule is CONC=Nc1nc2nccc([C@@H](C)Oc3cccc(Cl)c3)n2n1. The van der Waals surface area contributed by atoms with Gasteiger partial charge in [-0.1, -0.05) is 17.7 Å². The summed E-state index contributed by atoms with van der Waals surface area (Å²) in [6, 6.07) is 9.03. The van der Waals surface area contributed by atoms with Crippen LogP contribution in [0.2, 0.25) is 5.02 Å². The summed E-state index contributed by atoms with van der Waals surface area (Å²) in [7, 11) is 1.48. The van der Waals surface area contributed by atoms with Gasteiger partial charge in [0.25, 0.3) is 11.7 Å². The molecule has 0 aliphatic rings. The molecule has 0 aliphatic carbocycles. The molecule has 0 bridgehead atoms. The molecule has 0 amide bonds. The lowest BCUT2D eigenvalue weighted by molar-refractivity contribution is 0.148. The molecule has 0 fully saturated rings. The monoisotopic (exact) mass is 346 g/mol. The van der Waals surface area contributed by atoms with Crippen molar-refractivity contribution in [3.63, 3.8) is 0 Å². The molecular weight excluding hydrogens is 332 g/mol. The zero-order chi connectivity index (χ0) is 16.9. The molecule has 0 spiro atoms. The van der Waals surface area contributed by atoms with Crippen molar-refractivity contribution in [2.24, 2.45) is 4.99 Å². The molecule has 9 heteroatoms. The van der Waals surface area contributed by atoms with Crippen LogP contribution in [0.3, 0.4) is 0 Å². The smallest absolute Gasteiger partial charge is 0.272 e. The number of aliphatic imine (C=N–C) groups is 1. The van der Waals surface area contributed by atoms with Crippen molar-refractivity contribution >= 4 is 29.7 Å². The van der Waals surface area contributed by atoms with Crippen molar-refractivity contribution in [1.82, 2.24) is 25.1 Å². The van der Waals surface area contributed by atoms with Gasteiger partial charge in [0, 0.05) is 11.2 Å². The average molecular weight is 347 g/mol. The molecule has 3 aromatic rings. The summed E-state index contributed by atoms with van der Waals surface area (Å²) in [6.07, 6.45) is 2.71. The molecule has 24 heavy (non-hydrogen) atoms. The number of benzene rings is 1. The number of nitrogens with one attached hydrogen (secondary N) is 1. The number of hydrogen-bond donors (Lipinski definition) is 1. The van der Waals surface area contributed by atoms with E-state index in [0.717, 1.165) is 5.69 Å². The van der Waals surface area contributed by atoms with Gasteiger partial charge in [0.15, 0.2) is 0 Å². The van der Waals surface area contributed by atoms with Crippen LogP contribution in [0.25, 0.3) is 5.78 Å². The van der Waals surface area contributed by atoms with E-state index in [1.54, 1.807) is 22.8 Å². The third kappa shape index (κ3) is 3.61. The first-order valence-corrected chi connectivity index (χ1v) is 7.50. The lowest BCUT2D eigenvalue weighted by Gasteiger charge is -2.15. The quantitative estimate of drug-likeness (QED) is 0.419. The minimum atomic E-state index is -0.287. The molecule has 0 radical (unpaired) electrons. The number of ether oxygens (including phenoxy) is 1. The fourth-order valence-electron chi connectivity index (χ4n) is 2.10. The average Bonchev–Trinajstić information content (AvgIpc) is 2.97. The third-order valence-corrected chi connectivity index (χ3v) is 3.37. The van der Waals surface area contributed by atoms with Crippen LogP contribution >= 0.6 is 11.6 Å². The maximum Gasteiger partial charge on any atom is 0.272 e. The second kappa shape index (κ2) is 7.24. The molecule has 8 nitrogen and oxygen atoms in total. The molecule has 0 aliphatic heterocycles. The van der Waals surface area contributed by atoms with Crippen molar-refractivity contribution in [2.75, 3.05) is 7.11 Å². The van der Waals surface area contributed by atoms with Crippen LogP contribution in [-0.2, 0) is 4.84 Å². The van der Waals surface area contributed by atoms with Gasteiger partial charge in [0.05, 0.1) is 12.8 Å². The maximum atomic E-state index is 5.98. The van der Waals surface area contributed by atoms with E-state index in [-0.39, 0.29) is 12.1 Å². The number of rotatable bonds is 6. The summed E-state index contributed by atoms with van der Waals surface area (Å²) >= 11 is 5.98. The fraction of sp³-hybridized carbons (Fsp3) is 0.200. The van der Waals surface area contributed by atoms with Crippen LogP contribution in [0, 0.1) is 0 Å². The van der Waals surface area contributed by atoms with E-state index in [2.05, 4.69) is 30.4 Å². The topological polar surface area (TPSA) is 85.9 Å². The Labute approximate surface area is 143 Å². The van der Waals surface area contributed by atoms with Gasteiger partial charge in [-0.25, -0.2) is 4.98 Å². The summed E-state index contributed by atoms with van der Waals surface area (Å²) in [5.41, 5.74) is 3.26. The molecule has 2 aromatic heterocycles. The predicted molar refractivity (Wildman–Crippen MR) is 89.6 cm³/mol. The molecule has 0 saturated carbocycles. The standard InChI is InChI=1S/C15H15ClN6O2/c1-10(24-12-5-3-4-11(16)8-12)13-6-7-17-15-20-14(21-22(13)15)18-9-19-23-2/h3-10H,1-2H3,(H,18,19,21)/t10-/m1/s1. The Morgan fingerprint density at radius 2 is 2.25 bits per heavy atom. The van der Waals surface area contributed by atoms with Gasteiger partial charge in [-0.3, -0.25) is 10.3 Å². The molecular formula is C15H15ClN6O2. The summed E-state index contributed by atoms with van der Waals surface area (Å²) < 4.78 is 7.52. The van der Waals surface area contributed by atoms with Crippen molar-refractivity contribution in [1.29, 1.82) is 0 Å². The second-order valence-corrected chi connectivity index (χ2v) is 5.23. The molecule has 0 saturated heterocycles. The Morgan fingerprint density at radius 3 is 3.04 bits per heavy atom. The molecule has 2 heterocycles. The van der Waals surface area contributed by atoms with Gasteiger partial charge in [-0.15, -0.1) is 5.10 Å². The zero-order valence-electron chi connectivity index (χ0n) is 13.0. The normalized spacial score (nSPS) is 12.6. The number of aromatic nitrogens is 4. The molecule has 1 atom stereocenters. The zero-order valence-corrected chi connectivity index (χ0v) is 13.8. The fourth-order valence-corrected chi connectivity index (χ4v) is 2.29. The maximum absolute atomic E-state index is 5.98. The lowest BCUT2D eigenvalue weighted by atomic mass is 10.2. The van der Waals surface area contributed by atoms with E-state index in [0.29, 0.717) is 16.5 Å². The molecule has 0 unspecified atom stereocenters. The van der Waals surface area contributed by atoms with Crippen molar-refractivity contribution in [2.45, 2.75) is 13.0 Å². The molecule has 124 valence electrons. The van der Waals surface area contributed by atoms with Crippen LogP contribution in [0.1, 0.15) is 18.7 Å². The molecule has 1 aromatic carbocycles. The van der Waals surface area contributed by atoms with Crippen LogP contribution in [0.5, 0.6) is 5.75 Å². The number of hydroxylamine groups is 1. The lowest BCUT2D eigenvalue weighted by Crippen LogP contribution is -2.10. The summed E-state index contributed by atoms with van der Waals surface area (Å²) in [5.74, 6) is 1.36. The Balaban J connectivity index is 1.88. The van der Waals surface area contributed by atoms with Crippen LogP contribution in [0.4, 0.5) is 5.95 Å². The largest absolute Gasteiger partial charge is 0.484 e. The first-order chi connectivity index (χ1) is 11.7. The van der Waals surface area contributed by atoms with Crippen molar-refractivity contribution < 1.29 is 9.57 Å². The van der Waals surface area contributed by atoms with Gasteiger partial charge >= 0.3 is 0 Å². The molecule has 3 rings (SSSR count). The van der Waals surface area contributed by atoms with E-state index < -0.39 is 0 Å². The predicted octanol–water partition coefficient (Wildman–Crippen LogP) is 2.73. The van der Waals surface area contributed by atoms with E-state index >= 15 is 0 Å². The number of halogens is 1. The Kier molecular flexibility index (Phi) is 4.88. The van der Waals surface area contributed by atoms with E-state index in [4.69, 9.17) is 16.3 Å². The number of fused-ring (bicyclic) bond motifs is 1. The van der Waals surface area contributed by atoms with E-state index in [1.165, 1.54) is 13.4 Å². The number of hydrogen-bond acceptors (Lipinski definition) is 6. The summed E-state index contributed by atoms with van der Waals surface area (Å²) in [4.78, 5) is 17.1. The van der Waals surface area contributed by atoms with Crippen LogP contribution in [0.15, 0.2) is 41.5 Å². The minimum absolute atomic E-state index is 0.259. The highest BCUT2D eigenvalue weighted by molar-refractivity contribution is 6.30. The van der Waals surface area contributed by atoms with Gasteiger partial charge in [-0.2, -0.15) is 14.5 Å². The Hall–Kier alpha value is -2.71. The first-order valence-electron chi connectivity index (χ1n) is 7.12. The Bertz CT molecular complexity index is 866.